The molecule has 8 heteroatoms. The van der Waals surface area contributed by atoms with Crippen LogP contribution in [0.2, 0.25) is 0 Å². The predicted octanol–water partition coefficient (Wildman–Crippen LogP) is 2.00. The van der Waals surface area contributed by atoms with Gasteiger partial charge < -0.3 is 14.4 Å². The second kappa shape index (κ2) is 7.87. The lowest BCUT2D eigenvalue weighted by molar-refractivity contribution is 0.0670. The topological polar surface area (TPSA) is 56.6 Å². The van der Waals surface area contributed by atoms with Gasteiger partial charge in [0.05, 0.1) is 19.9 Å². The molecule has 130 valence electrons. The van der Waals surface area contributed by atoms with Crippen LogP contribution in [0, 0.1) is 11.6 Å². The highest BCUT2D eigenvalue weighted by atomic mass is 19.1. The molecule has 0 atom stereocenters. The standard InChI is InChI=1S/C16H19F2N3O3/c1-20-9-11(8-19-20)10-21(6-7-23-2)16(22)14-12(17)4-5-13(24-3)15(14)18/h4-5,8-9H,6-7,10H2,1-3H3. The molecule has 1 aromatic carbocycles. The largest absolute Gasteiger partial charge is 0.494 e. The van der Waals surface area contributed by atoms with Crippen molar-refractivity contribution in [2.45, 2.75) is 6.54 Å². The number of rotatable bonds is 7. The number of carbonyl (C=O) groups excluding carboxylic acids is 1. The van der Waals surface area contributed by atoms with E-state index in [1.165, 1.54) is 19.1 Å². The smallest absolute Gasteiger partial charge is 0.260 e. The number of halogens is 2. The van der Waals surface area contributed by atoms with Crippen molar-refractivity contribution in [3.8, 4) is 5.75 Å². The summed E-state index contributed by atoms with van der Waals surface area (Å²) in [5.74, 6) is -2.92. The molecule has 0 radical (unpaired) electrons. The van der Waals surface area contributed by atoms with Gasteiger partial charge in [-0.2, -0.15) is 5.10 Å². The van der Waals surface area contributed by atoms with E-state index in [0.717, 1.165) is 17.7 Å². The van der Waals surface area contributed by atoms with Crippen LogP contribution in [0.25, 0.3) is 0 Å². The average Bonchev–Trinajstić information content (AvgIpc) is 2.96. The van der Waals surface area contributed by atoms with Gasteiger partial charge in [0.1, 0.15) is 11.4 Å². The summed E-state index contributed by atoms with van der Waals surface area (Å²) in [7, 11) is 4.48. The minimum Gasteiger partial charge on any atom is -0.494 e. The summed E-state index contributed by atoms with van der Waals surface area (Å²) in [4.78, 5) is 14.0. The molecule has 0 fully saturated rings. The van der Waals surface area contributed by atoms with E-state index in [4.69, 9.17) is 9.47 Å². The molecule has 1 amide bonds. The zero-order valence-electron chi connectivity index (χ0n) is 13.8. The van der Waals surface area contributed by atoms with Crippen LogP contribution in [0.3, 0.4) is 0 Å². The Balaban J connectivity index is 2.33. The Labute approximate surface area is 138 Å². The van der Waals surface area contributed by atoms with Gasteiger partial charge in [0.15, 0.2) is 11.6 Å². The average molecular weight is 339 g/mol. The number of amides is 1. The summed E-state index contributed by atoms with van der Waals surface area (Å²) in [6.07, 6.45) is 3.32. The van der Waals surface area contributed by atoms with Gasteiger partial charge in [-0.3, -0.25) is 9.48 Å². The molecule has 1 aromatic heterocycles. The molecule has 6 nitrogen and oxygen atoms in total. The van der Waals surface area contributed by atoms with E-state index in [1.54, 1.807) is 24.1 Å². The Morgan fingerprint density at radius 1 is 1.33 bits per heavy atom. The maximum absolute atomic E-state index is 14.3. The molecule has 0 bridgehead atoms. The second-order valence-corrected chi connectivity index (χ2v) is 5.18. The first-order valence-electron chi connectivity index (χ1n) is 7.25. The monoisotopic (exact) mass is 339 g/mol. The van der Waals surface area contributed by atoms with Gasteiger partial charge in [-0.05, 0) is 12.1 Å². The van der Waals surface area contributed by atoms with Crippen molar-refractivity contribution in [2.24, 2.45) is 7.05 Å². The maximum Gasteiger partial charge on any atom is 0.260 e. The molecule has 2 rings (SSSR count). The van der Waals surface area contributed by atoms with E-state index >= 15 is 0 Å². The number of carbonyl (C=O) groups is 1. The van der Waals surface area contributed by atoms with Gasteiger partial charge >= 0.3 is 0 Å². The van der Waals surface area contributed by atoms with Crippen molar-refractivity contribution in [2.75, 3.05) is 27.4 Å². The van der Waals surface area contributed by atoms with Gasteiger partial charge in [-0.25, -0.2) is 8.78 Å². The number of hydrogen-bond acceptors (Lipinski definition) is 4. The zero-order valence-corrected chi connectivity index (χ0v) is 13.8. The highest BCUT2D eigenvalue weighted by Crippen LogP contribution is 2.24. The highest BCUT2D eigenvalue weighted by molar-refractivity contribution is 5.95. The molecular formula is C16H19F2N3O3. The fourth-order valence-electron chi connectivity index (χ4n) is 2.27. The quantitative estimate of drug-likeness (QED) is 0.774. The van der Waals surface area contributed by atoms with E-state index in [1.807, 2.05) is 0 Å². The van der Waals surface area contributed by atoms with Crippen LogP contribution in [-0.2, 0) is 18.3 Å². The SMILES string of the molecule is COCCN(Cc1cnn(C)c1)C(=O)c1c(F)ccc(OC)c1F. The molecular weight excluding hydrogens is 320 g/mol. The molecule has 0 aliphatic rings. The summed E-state index contributed by atoms with van der Waals surface area (Å²) in [5, 5.41) is 4.02. The predicted molar refractivity (Wildman–Crippen MR) is 82.7 cm³/mol. The lowest BCUT2D eigenvalue weighted by atomic mass is 10.1. The molecule has 0 aliphatic carbocycles. The Kier molecular flexibility index (Phi) is 5.86. The van der Waals surface area contributed by atoms with Crippen LogP contribution in [0.1, 0.15) is 15.9 Å². The van der Waals surface area contributed by atoms with Crippen LogP contribution in [0.15, 0.2) is 24.5 Å². The molecule has 0 spiro atoms. The van der Waals surface area contributed by atoms with Crippen LogP contribution in [-0.4, -0.2) is 48.0 Å². The number of benzene rings is 1. The summed E-state index contributed by atoms with van der Waals surface area (Å²) in [6.45, 7) is 0.575. The van der Waals surface area contributed by atoms with Crippen LogP contribution in [0.5, 0.6) is 5.75 Å². The Morgan fingerprint density at radius 2 is 2.08 bits per heavy atom. The molecule has 0 aliphatic heterocycles. The maximum atomic E-state index is 14.3. The summed E-state index contributed by atoms with van der Waals surface area (Å²) in [5.41, 5.74) is 0.0972. The van der Waals surface area contributed by atoms with Crippen molar-refractivity contribution in [1.82, 2.24) is 14.7 Å². The fraction of sp³-hybridized carbons (Fsp3) is 0.375. The summed E-state index contributed by atoms with van der Waals surface area (Å²) < 4.78 is 39.8. The van der Waals surface area contributed by atoms with Gasteiger partial charge in [0.2, 0.25) is 0 Å². The zero-order chi connectivity index (χ0) is 17.7. The minimum atomic E-state index is -1.02. The Morgan fingerprint density at radius 3 is 2.67 bits per heavy atom. The van der Waals surface area contributed by atoms with Crippen LogP contribution >= 0.6 is 0 Å². The number of aryl methyl sites for hydroxylation is 1. The third-order valence-electron chi connectivity index (χ3n) is 3.47. The van der Waals surface area contributed by atoms with E-state index in [-0.39, 0.29) is 25.4 Å². The second-order valence-electron chi connectivity index (χ2n) is 5.18. The van der Waals surface area contributed by atoms with Crippen molar-refractivity contribution < 1.29 is 23.0 Å². The van der Waals surface area contributed by atoms with Crippen LogP contribution in [0.4, 0.5) is 8.78 Å². The summed E-state index contributed by atoms with van der Waals surface area (Å²) in [6, 6.07) is 2.15. The number of ether oxygens (including phenoxy) is 2. The molecule has 0 N–H and O–H groups in total. The lowest BCUT2D eigenvalue weighted by Gasteiger charge is -2.22. The number of aromatic nitrogens is 2. The molecule has 2 aromatic rings. The number of hydrogen-bond donors (Lipinski definition) is 0. The molecule has 0 saturated heterocycles. The molecule has 0 saturated carbocycles. The van der Waals surface area contributed by atoms with Crippen molar-refractivity contribution in [3.05, 3.63) is 47.3 Å². The Bertz CT molecular complexity index is 719. The van der Waals surface area contributed by atoms with Crippen molar-refractivity contribution in [3.63, 3.8) is 0 Å². The van der Waals surface area contributed by atoms with E-state index in [2.05, 4.69) is 5.10 Å². The minimum absolute atomic E-state index is 0.159. The third kappa shape index (κ3) is 3.88. The van der Waals surface area contributed by atoms with Gasteiger partial charge in [0, 0.05) is 39.0 Å². The third-order valence-corrected chi connectivity index (χ3v) is 3.47. The van der Waals surface area contributed by atoms with E-state index in [9.17, 15) is 13.6 Å². The fourth-order valence-corrected chi connectivity index (χ4v) is 2.27. The molecule has 24 heavy (non-hydrogen) atoms. The number of nitrogens with zero attached hydrogens (tertiary/aromatic N) is 3. The Hall–Kier alpha value is -2.48. The van der Waals surface area contributed by atoms with E-state index in [0.29, 0.717) is 0 Å². The molecule has 1 heterocycles. The summed E-state index contributed by atoms with van der Waals surface area (Å²) >= 11 is 0. The van der Waals surface area contributed by atoms with E-state index < -0.39 is 23.1 Å². The van der Waals surface area contributed by atoms with Gasteiger partial charge in [0.25, 0.3) is 5.91 Å². The first kappa shape index (κ1) is 17.9. The van der Waals surface area contributed by atoms with Crippen molar-refractivity contribution >= 4 is 5.91 Å². The first-order valence-corrected chi connectivity index (χ1v) is 7.25. The van der Waals surface area contributed by atoms with Gasteiger partial charge in [-0.1, -0.05) is 0 Å². The lowest BCUT2D eigenvalue weighted by Crippen LogP contribution is -2.34. The first-order chi connectivity index (χ1) is 11.5. The number of methoxy groups -OCH3 is 2. The van der Waals surface area contributed by atoms with Crippen molar-refractivity contribution in [1.29, 1.82) is 0 Å². The van der Waals surface area contributed by atoms with Crippen LogP contribution < -0.4 is 4.74 Å². The highest BCUT2D eigenvalue weighted by Gasteiger charge is 2.26. The molecule has 0 unspecified atom stereocenters. The van der Waals surface area contributed by atoms with Gasteiger partial charge in [-0.15, -0.1) is 0 Å². The normalized spacial score (nSPS) is 10.7.